The fourth-order valence-corrected chi connectivity index (χ4v) is 2.48. The molecular formula is C15H18Cl2N2O4. The van der Waals surface area contributed by atoms with Crippen LogP contribution in [0.25, 0.3) is 0 Å². The number of benzene rings is 1. The van der Waals surface area contributed by atoms with Gasteiger partial charge >= 0.3 is 5.97 Å². The van der Waals surface area contributed by atoms with Gasteiger partial charge in [0.05, 0.1) is 6.54 Å². The van der Waals surface area contributed by atoms with Crippen LogP contribution in [0.3, 0.4) is 0 Å². The Balaban J connectivity index is 2.63. The Morgan fingerprint density at radius 1 is 1.13 bits per heavy atom. The third-order valence-corrected chi connectivity index (χ3v) is 3.36. The molecule has 1 atom stereocenters. The van der Waals surface area contributed by atoms with E-state index in [1.165, 1.54) is 6.07 Å². The van der Waals surface area contributed by atoms with E-state index in [2.05, 4.69) is 10.6 Å². The first-order valence-electron chi connectivity index (χ1n) is 7.05. The number of carbonyl (C=O) groups is 3. The lowest BCUT2D eigenvalue weighted by molar-refractivity contribution is -0.141. The van der Waals surface area contributed by atoms with E-state index < -0.39 is 17.9 Å². The number of carboxylic acid groups (broad SMARTS) is 1. The van der Waals surface area contributed by atoms with Crippen molar-refractivity contribution in [1.29, 1.82) is 0 Å². The van der Waals surface area contributed by atoms with Crippen LogP contribution in [0.1, 0.15) is 25.3 Å². The molecule has 0 aliphatic rings. The van der Waals surface area contributed by atoms with Crippen LogP contribution < -0.4 is 10.6 Å². The fourth-order valence-electron chi connectivity index (χ4n) is 1.90. The summed E-state index contributed by atoms with van der Waals surface area (Å²) in [4.78, 5) is 34.3. The minimum Gasteiger partial charge on any atom is -0.480 e. The van der Waals surface area contributed by atoms with Gasteiger partial charge in [-0.25, -0.2) is 4.79 Å². The summed E-state index contributed by atoms with van der Waals surface area (Å²) >= 11 is 11.7. The molecule has 0 heterocycles. The van der Waals surface area contributed by atoms with Crippen molar-refractivity contribution in [2.45, 2.75) is 32.2 Å². The maximum Gasteiger partial charge on any atom is 0.326 e. The zero-order valence-electron chi connectivity index (χ0n) is 12.6. The molecule has 0 radical (unpaired) electrons. The molecule has 1 rings (SSSR count). The first-order valence-corrected chi connectivity index (χ1v) is 7.81. The van der Waals surface area contributed by atoms with Crippen molar-refractivity contribution in [2.24, 2.45) is 0 Å². The minimum atomic E-state index is -1.19. The summed E-state index contributed by atoms with van der Waals surface area (Å²) in [7, 11) is 0. The van der Waals surface area contributed by atoms with Crippen molar-refractivity contribution < 1.29 is 19.5 Å². The van der Waals surface area contributed by atoms with Crippen LogP contribution in [-0.2, 0) is 20.8 Å². The summed E-state index contributed by atoms with van der Waals surface area (Å²) in [6.07, 6.45) is 1.02. The summed E-state index contributed by atoms with van der Waals surface area (Å²) in [5.41, 5.74) is 0.588. The molecule has 1 aromatic rings. The summed E-state index contributed by atoms with van der Waals surface area (Å²) in [5, 5.41) is 14.8. The van der Waals surface area contributed by atoms with E-state index in [1.807, 2.05) is 6.92 Å². The van der Waals surface area contributed by atoms with Crippen LogP contribution in [0.5, 0.6) is 0 Å². The highest BCUT2D eigenvalue weighted by molar-refractivity contribution is 6.34. The Kier molecular flexibility index (Phi) is 7.85. The number of nitrogens with one attached hydrogen (secondary N) is 2. The summed E-state index contributed by atoms with van der Waals surface area (Å²) < 4.78 is 0. The Bertz CT molecular complexity index is 573. The number of aliphatic carboxylic acids is 1. The van der Waals surface area contributed by atoms with Gasteiger partial charge in [-0.15, -0.1) is 0 Å². The molecule has 126 valence electrons. The van der Waals surface area contributed by atoms with Gasteiger partial charge in [0.15, 0.2) is 0 Å². The second-order valence-corrected chi connectivity index (χ2v) is 5.84. The highest BCUT2D eigenvalue weighted by Gasteiger charge is 2.21. The molecule has 3 N–H and O–H groups in total. The lowest BCUT2D eigenvalue weighted by Gasteiger charge is -2.15. The molecule has 1 aromatic carbocycles. The summed E-state index contributed by atoms with van der Waals surface area (Å²) in [5.74, 6) is -2.01. The van der Waals surface area contributed by atoms with Gasteiger partial charge in [0.2, 0.25) is 11.8 Å². The smallest absolute Gasteiger partial charge is 0.326 e. The highest BCUT2D eigenvalue weighted by atomic mass is 35.5. The van der Waals surface area contributed by atoms with Crippen LogP contribution >= 0.6 is 23.2 Å². The van der Waals surface area contributed by atoms with Crippen molar-refractivity contribution >= 4 is 41.0 Å². The predicted molar refractivity (Wildman–Crippen MR) is 87.7 cm³/mol. The standard InChI is InChI=1S/C15H18Cl2N2O4/c1-2-3-13(20)18-8-14(21)19-12(15(22)23)6-9-4-10(16)7-11(17)5-9/h4-5,7,12H,2-3,6,8H2,1H3,(H,18,20)(H,19,21)(H,22,23). The Morgan fingerprint density at radius 3 is 2.26 bits per heavy atom. The second kappa shape index (κ2) is 9.37. The van der Waals surface area contributed by atoms with E-state index >= 15 is 0 Å². The average molecular weight is 361 g/mol. The van der Waals surface area contributed by atoms with Gasteiger partial charge in [0.25, 0.3) is 0 Å². The van der Waals surface area contributed by atoms with Gasteiger partial charge in [-0.3, -0.25) is 9.59 Å². The van der Waals surface area contributed by atoms with Gasteiger partial charge in [0, 0.05) is 22.9 Å². The fraction of sp³-hybridized carbons (Fsp3) is 0.400. The number of rotatable bonds is 8. The third kappa shape index (κ3) is 7.34. The topological polar surface area (TPSA) is 95.5 Å². The quantitative estimate of drug-likeness (QED) is 0.660. The van der Waals surface area contributed by atoms with Crippen LogP contribution in [0, 0.1) is 0 Å². The molecule has 0 fully saturated rings. The number of amides is 2. The van der Waals surface area contributed by atoms with E-state index in [4.69, 9.17) is 23.2 Å². The van der Waals surface area contributed by atoms with Gasteiger partial charge in [-0.2, -0.15) is 0 Å². The van der Waals surface area contributed by atoms with E-state index in [1.54, 1.807) is 12.1 Å². The molecule has 2 amide bonds. The Morgan fingerprint density at radius 2 is 1.74 bits per heavy atom. The van der Waals surface area contributed by atoms with Crippen LogP contribution in [0.4, 0.5) is 0 Å². The normalized spacial score (nSPS) is 11.6. The number of carboxylic acids is 1. The molecule has 1 unspecified atom stereocenters. The van der Waals surface area contributed by atoms with Crippen molar-refractivity contribution in [1.82, 2.24) is 10.6 Å². The molecule has 0 spiro atoms. The second-order valence-electron chi connectivity index (χ2n) is 4.97. The predicted octanol–water partition coefficient (Wildman–Crippen LogP) is 2.02. The van der Waals surface area contributed by atoms with Crippen molar-refractivity contribution in [3.05, 3.63) is 33.8 Å². The summed E-state index contributed by atoms with van der Waals surface area (Å²) in [6.45, 7) is 1.58. The number of carbonyl (C=O) groups excluding carboxylic acids is 2. The minimum absolute atomic E-state index is 0.0320. The SMILES string of the molecule is CCCC(=O)NCC(=O)NC(Cc1cc(Cl)cc(Cl)c1)C(=O)O. The molecular weight excluding hydrogens is 343 g/mol. The monoisotopic (exact) mass is 360 g/mol. The zero-order chi connectivity index (χ0) is 17.4. The first-order chi connectivity index (χ1) is 10.8. The maximum atomic E-state index is 11.7. The molecule has 8 heteroatoms. The zero-order valence-corrected chi connectivity index (χ0v) is 14.1. The van der Waals surface area contributed by atoms with Gasteiger partial charge in [0.1, 0.15) is 6.04 Å². The Labute approximate surface area is 144 Å². The summed E-state index contributed by atoms with van der Waals surface area (Å²) in [6, 6.07) is 3.56. The highest BCUT2D eigenvalue weighted by Crippen LogP contribution is 2.20. The number of hydrogen-bond acceptors (Lipinski definition) is 3. The molecule has 6 nitrogen and oxygen atoms in total. The molecule has 0 aliphatic carbocycles. The van der Waals surface area contributed by atoms with E-state index in [9.17, 15) is 19.5 Å². The lowest BCUT2D eigenvalue weighted by Crippen LogP contribution is -2.46. The van der Waals surface area contributed by atoms with E-state index in [0.717, 1.165) is 0 Å². The molecule has 23 heavy (non-hydrogen) atoms. The first kappa shape index (κ1) is 19.3. The third-order valence-electron chi connectivity index (χ3n) is 2.92. The van der Waals surface area contributed by atoms with Gasteiger partial charge < -0.3 is 15.7 Å². The molecule has 0 aromatic heterocycles. The van der Waals surface area contributed by atoms with E-state index in [-0.39, 0.29) is 18.9 Å². The van der Waals surface area contributed by atoms with E-state index in [0.29, 0.717) is 28.5 Å². The van der Waals surface area contributed by atoms with Crippen molar-refractivity contribution in [3.8, 4) is 0 Å². The van der Waals surface area contributed by atoms with Crippen LogP contribution in [0.15, 0.2) is 18.2 Å². The molecule has 0 saturated heterocycles. The van der Waals surface area contributed by atoms with Gasteiger partial charge in [-0.05, 0) is 30.2 Å². The molecule has 0 saturated carbocycles. The Hall–Kier alpha value is -1.79. The van der Waals surface area contributed by atoms with Gasteiger partial charge in [-0.1, -0.05) is 30.1 Å². The number of hydrogen-bond donors (Lipinski definition) is 3. The maximum absolute atomic E-state index is 11.7. The van der Waals surface area contributed by atoms with Crippen LogP contribution in [0.2, 0.25) is 10.0 Å². The molecule has 0 aliphatic heterocycles. The average Bonchev–Trinajstić information content (AvgIpc) is 2.43. The largest absolute Gasteiger partial charge is 0.480 e. The molecule has 0 bridgehead atoms. The van der Waals surface area contributed by atoms with Crippen molar-refractivity contribution in [3.63, 3.8) is 0 Å². The van der Waals surface area contributed by atoms with Crippen LogP contribution in [-0.4, -0.2) is 35.5 Å². The lowest BCUT2D eigenvalue weighted by atomic mass is 10.1. The van der Waals surface area contributed by atoms with Crippen molar-refractivity contribution in [2.75, 3.05) is 6.54 Å². The number of halogens is 2.